The Balaban J connectivity index is 1.34. The average Bonchev–Trinajstić information content (AvgIpc) is 3.28. The van der Waals surface area contributed by atoms with E-state index in [0.29, 0.717) is 36.1 Å². The second-order valence-electron chi connectivity index (χ2n) is 7.58. The number of amides is 1. The molecule has 1 N–H and O–H groups in total. The van der Waals surface area contributed by atoms with Gasteiger partial charge in [-0.05, 0) is 44.0 Å². The van der Waals surface area contributed by atoms with E-state index in [0.717, 1.165) is 25.9 Å². The van der Waals surface area contributed by atoms with Crippen LogP contribution in [0.2, 0.25) is 0 Å². The number of carbonyl (C=O) groups excluding carboxylic acids is 2. The lowest BCUT2D eigenvalue weighted by atomic mass is 10.0. The highest BCUT2D eigenvalue weighted by Gasteiger charge is 2.29. The number of rotatable bonds is 5. The lowest BCUT2D eigenvalue weighted by molar-refractivity contribution is -0.121. The first-order chi connectivity index (χ1) is 14.6. The van der Waals surface area contributed by atoms with Crippen LogP contribution in [0.15, 0.2) is 36.5 Å². The number of hydrogen-bond acceptors (Lipinski definition) is 6. The molecular formula is C22H27N3O5. The number of benzene rings is 1. The van der Waals surface area contributed by atoms with Crippen molar-refractivity contribution in [1.29, 1.82) is 0 Å². The van der Waals surface area contributed by atoms with Crippen molar-refractivity contribution in [2.24, 2.45) is 0 Å². The molecule has 3 heterocycles. The highest BCUT2D eigenvalue weighted by molar-refractivity contribution is 5.94. The number of ether oxygens (including phenoxy) is 3. The molecular weight excluding hydrogens is 386 g/mol. The first-order valence-electron chi connectivity index (χ1n) is 10.3. The molecule has 1 unspecified atom stereocenters. The van der Waals surface area contributed by atoms with Gasteiger partial charge in [-0.25, -0.2) is 4.79 Å². The predicted octanol–water partition coefficient (Wildman–Crippen LogP) is 2.71. The number of carbonyl (C=O) groups is 2. The molecule has 30 heavy (non-hydrogen) atoms. The zero-order chi connectivity index (χ0) is 21.1. The summed E-state index contributed by atoms with van der Waals surface area (Å²) in [5, 5.41) is 2.98. The minimum atomic E-state index is -0.324. The maximum Gasteiger partial charge on any atom is 0.354 e. The van der Waals surface area contributed by atoms with Gasteiger partial charge >= 0.3 is 5.97 Å². The monoisotopic (exact) mass is 413 g/mol. The first kappa shape index (κ1) is 20.3. The summed E-state index contributed by atoms with van der Waals surface area (Å²) in [7, 11) is 1.39. The number of methoxy groups -OCH3 is 1. The Labute approximate surface area is 175 Å². The minimum absolute atomic E-state index is 0.0543. The summed E-state index contributed by atoms with van der Waals surface area (Å²) in [6.07, 6.45) is 3.64. The van der Waals surface area contributed by atoms with Gasteiger partial charge in [0.15, 0.2) is 11.5 Å². The van der Waals surface area contributed by atoms with Crippen molar-refractivity contribution < 1.29 is 23.8 Å². The van der Waals surface area contributed by atoms with Crippen LogP contribution in [-0.4, -0.2) is 60.8 Å². The summed E-state index contributed by atoms with van der Waals surface area (Å²) < 4.78 is 18.0. The fraction of sp³-hybridized carbons (Fsp3) is 0.455. The quantitative estimate of drug-likeness (QED) is 0.759. The van der Waals surface area contributed by atoms with E-state index in [1.165, 1.54) is 7.11 Å². The summed E-state index contributed by atoms with van der Waals surface area (Å²) in [6.45, 7) is 4.52. The van der Waals surface area contributed by atoms with Crippen molar-refractivity contribution in [1.82, 2.24) is 9.47 Å². The predicted molar refractivity (Wildman–Crippen MR) is 111 cm³/mol. The Morgan fingerprint density at radius 3 is 2.60 bits per heavy atom. The molecule has 1 fully saturated rings. The van der Waals surface area contributed by atoms with E-state index in [-0.39, 0.29) is 24.0 Å². The molecule has 2 aromatic rings. The molecule has 0 saturated carbocycles. The minimum Gasteiger partial charge on any atom is -0.486 e. The maximum atomic E-state index is 12.8. The third-order valence-electron chi connectivity index (χ3n) is 5.80. The summed E-state index contributed by atoms with van der Waals surface area (Å²) in [5.74, 6) is 0.974. The number of esters is 1. The Morgan fingerprint density at radius 2 is 1.87 bits per heavy atom. The van der Waals surface area contributed by atoms with Crippen LogP contribution in [0.5, 0.6) is 11.5 Å². The molecule has 8 heteroatoms. The third kappa shape index (κ3) is 4.14. The van der Waals surface area contributed by atoms with Crippen LogP contribution >= 0.6 is 0 Å². The zero-order valence-corrected chi connectivity index (χ0v) is 17.3. The molecule has 0 bridgehead atoms. The number of fused-ring (bicyclic) bond motifs is 1. The van der Waals surface area contributed by atoms with Gasteiger partial charge in [-0.15, -0.1) is 0 Å². The average molecular weight is 413 g/mol. The zero-order valence-electron chi connectivity index (χ0n) is 17.3. The normalized spacial score (nSPS) is 17.9. The second-order valence-corrected chi connectivity index (χ2v) is 7.58. The van der Waals surface area contributed by atoms with Crippen LogP contribution < -0.4 is 14.8 Å². The number of aromatic nitrogens is 1. The Kier molecular flexibility index (Phi) is 5.94. The van der Waals surface area contributed by atoms with Crippen LogP contribution in [0.4, 0.5) is 5.69 Å². The molecule has 1 atom stereocenters. The van der Waals surface area contributed by atoms with Gasteiger partial charge in [-0.3, -0.25) is 9.69 Å². The standard InChI is InChI=1S/C22H27N3O5/c1-15(21(26)23-16-5-6-19-20(14-16)30-13-12-29-19)24-10-7-17(8-11-24)25-9-3-4-18(25)22(27)28-2/h3-6,9,14-15,17H,7-8,10-13H2,1-2H3,(H,23,26). The summed E-state index contributed by atoms with van der Waals surface area (Å²) in [6, 6.07) is 9.04. The van der Waals surface area contributed by atoms with Gasteiger partial charge in [0.1, 0.15) is 18.9 Å². The molecule has 0 spiro atoms. The van der Waals surface area contributed by atoms with Crippen LogP contribution in [0, 0.1) is 0 Å². The number of piperidine rings is 1. The number of anilines is 1. The maximum absolute atomic E-state index is 12.8. The van der Waals surface area contributed by atoms with Crippen molar-refractivity contribution in [2.75, 3.05) is 38.7 Å². The molecule has 1 amide bonds. The van der Waals surface area contributed by atoms with Gasteiger partial charge in [0.25, 0.3) is 0 Å². The molecule has 1 aromatic carbocycles. The second kappa shape index (κ2) is 8.79. The lowest BCUT2D eigenvalue weighted by Crippen LogP contribution is -2.46. The van der Waals surface area contributed by atoms with Crippen molar-refractivity contribution in [2.45, 2.75) is 31.8 Å². The van der Waals surface area contributed by atoms with E-state index in [2.05, 4.69) is 10.2 Å². The Hall–Kier alpha value is -3.00. The topological polar surface area (TPSA) is 82.0 Å². The fourth-order valence-corrected chi connectivity index (χ4v) is 4.07. The first-order valence-corrected chi connectivity index (χ1v) is 10.3. The number of hydrogen-bond donors (Lipinski definition) is 1. The number of nitrogens with one attached hydrogen (secondary N) is 1. The van der Waals surface area contributed by atoms with Crippen LogP contribution in [0.1, 0.15) is 36.3 Å². The summed E-state index contributed by atoms with van der Waals surface area (Å²) >= 11 is 0. The molecule has 0 aliphatic carbocycles. The summed E-state index contributed by atoms with van der Waals surface area (Å²) in [5.41, 5.74) is 1.27. The smallest absolute Gasteiger partial charge is 0.354 e. The van der Waals surface area contributed by atoms with E-state index in [1.807, 2.05) is 35.9 Å². The van der Waals surface area contributed by atoms with E-state index >= 15 is 0 Å². The van der Waals surface area contributed by atoms with Gasteiger partial charge in [-0.1, -0.05) is 0 Å². The number of nitrogens with zero attached hydrogens (tertiary/aromatic N) is 2. The molecule has 2 aliphatic rings. The molecule has 160 valence electrons. The highest BCUT2D eigenvalue weighted by Crippen LogP contribution is 2.33. The number of likely N-dealkylation sites (tertiary alicyclic amines) is 1. The molecule has 0 radical (unpaired) electrons. The molecule has 4 rings (SSSR count). The molecule has 8 nitrogen and oxygen atoms in total. The van der Waals surface area contributed by atoms with Crippen molar-refractivity contribution in [3.05, 3.63) is 42.2 Å². The van der Waals surface area contributed by atoms with E-state index in [1.54, 1.807) is 12.1 Å². The van der Waals surface area contributed by atoms with Gasteiger partial charge in [0.2, 0.25) is 5.91 Å². The molecule has 1 aromatic heterocycles. The SMILES string of the molecule is COC(=O)c1cccn1C1CCN(C(C)C(=O)Nc2ccc3c(c2)OCCO3)CC1. The Bertz CT molecular complexity index is 917. The van der Waals surface area contributed by atoms with Gasteiger partial charge < -0.3 is 24.1 Å². The molecule has 2 aliphatic heterocycles. The highest BCUT2D eigenvalue weighted by atomic mass is 16.6. The van der Waals surface area contributed by atoms with Crippen molar-refractivity contribution in [3.63, 3.8) is 0 Å². The van der Waals surface area contributed by atoms with Crippen LogP contribution in [-0.2, 0) is 9.53 Å². The van der Waals surface area contributed by atoms with Crippen molar-refractivity contribution in [3.8, 4) is 11.5 Å². The van der Waals surface area contributed by atoms with Gasteiger partial charge in [-0.2, -0.15) is 0 Å². The third-order valence-corrected chi connectivity index (χ3v) is 5.80. The van der Waals surface area contributed by atoms with Crippen LogP contribution in [0.3, 0.4) is 0 Å². The van der Waals surface area contributed by atoms with Gasteiger partial charge in [0.05, 0.1) is 13.2 Å². The van der Waals surface area contributed by atoms with E-state index < -0.39 is 0 Å². The van der Waals surface area contributed by atoms with Crippen LogP contribution in [0.25, 0.3) is 0 Å². The summed E-state index contributed by atoms with van der Waals surface area (Å²) in [4.78, 5) is 26.9. The van der Waals surface area contributed by atoms with Gasteiger partial charge in [0, 0.05) is 37.1 Å². The fourth-order valence-electron chi connectivity index (χ4n) is 4.07. The Morgan fingerprint density at radius 1 is 1.13 bits per heavy atom. The largest absolute Gasteiger partial charge is 0.486 e. The lowest BCUT2D eigenvalue weighted by Gasteiger charge is -2.36. The molecule has 1 saturated heterocycles. The van der Waals surface area contributed by atoms with Crippen molar-refractivity contribution >= 4 is 17.6 Å². The van der Waals surface area contributed by atoms with E-state index in [9.17, 15) is 9.59 Å². The van der Waals surface area contributed by atoms with E-state index in [4.69, 9.17) is 14.2 Å².